The zero-order valence-corrected chi connectivity index (χ0v) is 10.9. The summed E-state index contributed by atoms with van der Waals surface area (Å²) in [4.78, 5) is 0. The average Bonchev–Trinajstić information content (AvgIpc) is 2.20. The van der Waals surface area contributed by atoms with E-state index in [0.29, 0.717) is 11.3 Å². The molecule has 1 aromatic carbocycles. The smallest absolute Gasteiger partial charge is 0.235 e. The molecular weight excluding hydrogens is 238 g/mol. The van der Waals surface area contributed by atoms with Gasteiger partial charge in [-0.15, -0.1) is 0 Å². The topological polar surface area (TPSA) is 96.0 Å². The van der Waals surface area contributed by atoms with Gasteiger partial charge in [-0.05, 0) is 32.4 Å². The summed E-state index contributed by atoms with van der Waals surface area (Å²) in [7, 11) is -3.38. The van der Waals surface area contributed by atoms with Crippen molar-refractivity contribution in [3.63, 3.8) is 0 Å². The molecule has 0 radical (unpaired) electrons. The largest absolute Gasteiger partial charge is 0.384 e. The van der Waals surface area contributed by atoms with Gasteiger partial charge in [0.2, 0.25) is 10.0 Å². The standard InChI is InChI=1S/C11H17N3O2S/c1-7(2)17(15,16)14-10-6-9(11(12)13)5-4-8(10)3/h4-7,14H,1-3H3,(H3,12,13). The Labute approximate surface area is 102 Å². The fourth-order valence-electron chi connectivity index (χ4n) is 1.17. The number of anilines is 1. The van der Waals surface area contributed by atoms with Crippen molar-refractivity contribution in [3.05, 3.63) is 29.3 Å². The molecule has 0 fully saturated rings. The zero-order valence-electron chi connectivity index (χ0n) is 10.1. The fourth-order valence-corrected chi connectivity index (χ4v) is 1.93. The van der Waals surface area contributed by atoms with Crippen LogP contribution in [0.1, 0.15) is 25.0 Å². The van der Waals surface area contributed by atoms with Crippen LogP contribution < -0.4 is 10.5 Å². The van der Waals surface area contributed by atoms with Crippen molar-refractivity contribution in [2.75, 3.05) is 4.72 Å². The molecular formula is C11H17N3O2S. The highest BCUT2D eigenvalue weighted by Crippen LogP contribution is 2.19. The minimum Gasteiger partial charge on any atom is -0.384 e. The first-order valence-electron chi connectivity index (χ1n) is 5.20. The highest BCUT2D eigenvalue weighted by atomic mass is 32.2. The van der Waals surface area contributed by atoms with Crippen LogP contribution in [0.15, 0.2) is 18.2 Å². The van der Waals surface area contributed by atoms with E-state index in [2.05, 4.69) is 4.72 Å². The number of nitrogens with one attached hydrogen (secondary N) is 2. The second kappa shape index (κ2) is 4.75. The normalized spacial score (nSPS) is 11.5. The number of rotatable bonds is 4. The van der Waals surface area contributed by atoms with Crippen molar-refractivity contribution >= 4 is 21.5 Å². The molecule has 0 aliphatic rings. The van der Waals surface area contributed by atoms with Crippen LogP contribution >= 0.6 is 0 Å². The lowest BCUT2D eigenvalue weighted by Gasteiger charge is -2.13. The van der Waals surface area contributed by atoms with E-state index in [1.807, 2.05) is 0 Å². The molecule has 0 heterocycles. The first-order chi connectivity index (χ1) is 7.74. The van der Waals surface area contributed by atoms with Crippen LogP contribution in [0, 0.1) is 12.3 Å². The Morgan fingerprint density at radius 3 is 2.47 bits per heavy atom. The van der Waals surface area contributed by atoms with Gasteiger partial charge in [0.1, 0.15) is 5.84 Å². The molecule has 0 saturated heterocycles. The third-order valence-corrected chi connectivity index (χ3v) is 4.17. The van der Waals surface area contributed by atoms with Crippen LogP contribution in [0.25, 0.3) is 0 Å². The van der Waals surface area contributed by atoms with E-state index in [1.54, 1.807) is 39.0 Å². The van der Waals surface area contributed by atoms with Gasteiger partial charge in [0.25, 0.3) is 0 Å². The predicted octanol–water partition coefficient (Wildman–Crippen LogP) is 1.43. The molecule has 5 nitrogen and oxygen atoms in total. The summed E-state index contributed by atoms with van der Waals surface area (Å²) in [6.45, 7) is 5.00. The van der Waals surface area contributed by atoms with Gasteiger partial charge in [-0.3, -0.25) is 10.1 Å². The van der Waals surface area contributed by atoms with Gasteiger partial charge in [0, 0.05) is 5.56 Å². The average molecular weight is 255 g/mol. The molecule has 0 aliphatic heterocycles. The molecule has 17 heavy (non-hydrogen) atoms. The third kappa shape index (κ3) is 3.20. The molecule has 0 aliphatic carbocycles. The Hall–Kier alpha value is -1.56. The van der Waals surface area contributed by atoms with E-state index in [1.165, 1.54) is 0 Å². The lowest BCUT2D eigenvalue weighted by atomic mass is 10.1. The van der Waals surface area contributed by atoms with E-state index in [0.717, 1.165) is 5.56 Å². The minimum absolute atomic E-state index is 0.0880. The quantitative estimate of drug-likeness (QED) is 0.561. The summed E-state index contributed by atoms with van der Waals surface area (Å²) < 4.78 is 26.0. The second-order valence-corrected chi connectivity index (χ2v) is 6.38. The molecule has 6 heteroatoms. The Kier molecular flexibility index (Phi) is 3.77. The summed E-state index contributed by atoms with van der Waals surface area (Å²) in [5.41, 5.74) is 7.11. The van der Waals surface area contributed by atoms with Gasteiger partial charge in [0.15, 0.2) is 0 Å². The lowest BCUT2D eigenvalue weighted by molar-refractivity contribution is 0.592. The monoisotopic (exact) mass is 255 g/mol. The molecule has 94 valence electrons. The van der Waals surface area contributed by atoms with Crippen molar-refractivity contribution < 1.29 is 8.42 Å². The fraction of sp³-hybridized carbons (Fsp3) is 0.364. The second-order valence-electron chi connectivity index (χ2n) is 4.14. The van der Waals surface area contributed by atoms with E-state index < -0.39 is 15.3 Å². The lowest BCUT2D eigenvalue weighted by Crippen LogP contribution is -2.23. The van der Waals surface area contributed by atoms with Crippen LogP contribution in [0.3, 0.4) is 0 Å². The number of hydrogen-bond donors (Lipinski definition) is 3. The third-order valence-electron chi connectivity index (χ3n) is 2.42. The SMILES string of the molecule is Cc1ccc(C(=N)N)cc1NS(=O)(=O)C(C)C. The number of aryl methyl sites for hydroxylation is 1. The first-order valence-corrected chi connectivity index (χ1v) is 6.75. The van der Waals surface area contributed by atoms with Gasteiger partial charge < -0.3 is 5.73 Å². The van der Waals surface area contributed by atoms with Gasteiger partial charge in [-0.1, -0.05) is 12.1 Å². The van der Waals surface area contributed by atoms with E-state index in [-0.39, 0.29) is 5.84 Å². The van der Waals surface area contributed by atoms with Crippen molar-refractivity contribution in [1.29, 1.82) is 5.41 Å². The van der Waals surface area contributed by atoms with E-state index in [9.17, 15) is 8.42 Å². The van der Waals surface area contributed by atoms with Crippen molar-refractivity contribution in [1.82, 2.24) is 0 Å². The van der Waals surface area contributed by atoms with Crippen molar-refractivity contribution in [3.8, 4) is 0 Å². The number of nitrogen functional groups attached to an aromatic ring is 1. The highest BCUT2D eigenvalue weighted by molar-refractivity contribution is 7.93. The van der Waals surface area contributed by atoms with Gasteiger partial charge in [-0.2, -0.15) is 0 Å². The Morgan fingerprint density at radius 2 is 2.00 bits per heavy atom. The molecule has 0 aromatic heterocycles. The van der Waals surface area contributed by atoms with Gasteiger partial charge >= 0.3 is 0 Å². The molecule has 0 unspecified atom stereocenters. The number of sulfonamides is 1. The van der Waals surface area contributed by atoms with Crippen LogP contribution in [-0.4, -0.2) is 19.5 Å². The molecule has 0 amide bonds. The van der Waals surface area contributed by atoms with Crippen molar-refractivity contribution in [2.24, 2.45) is 5.73 Å². The Morgan fingerprint density at radius 1 is 1.41 bits per heavy atom. The molecule has 0 spiro atoms. The number of amidine groups is 1. The number of hydrogen-bond acceptors (Lipinski definition) is 3. The summed E-state index contributed by atoms with van der Waals surface area (Å²) in [5, 5.41) is 6.81. The van der Waals surface area contributed by atoms with Crippen LogP contribution in [0.5, 0.6) is 0 Å². The Bertz CT molecular complexity index is 536. The minimum atomic E-state index is -3.38. The Balaban J connectivity index is 3.15. The predicted molar refractivity (Wildman–Crippen MR) is 69.9 cm³/mol. The molecule has 0 bridgehead atoms. The summed E-state index contributed by atoms with van der Waals surface area (Å²) in [5.74, 6) is -0.0880. The van der Waals surface area contributed by atoms with Crippen LogP contribution in [0.4, 0.5) is 5.69 Å². The molecule has 0 atom stereocenters. The maximum absolute atomic E-state index is 11.7. The van der Waals surface area contributed by atoms with E-state index >= 15 is 0 Å². The van der Waals surface area contributed by atoms with Crippen LogP contribution in [0.2, 0.25) is 0 Å². The number of nitrogens with two attached hydrogens (primary N) is 1. The van der Waals surface area contributed by atoms with Gasteiger partial charge in [-0.25, -0.2) is 8.42 Å². The highest BCUT2D eigenvalue weighted by Gasteiger charge is 2.16. The first kappa shape index (κ1) is 13.5. The number of benzene rings is 1. The molecule has 1 aromatic rings. The summed E-state index contributed by atoms with van der Waals surface area (Å²) in [6, 6.07) is 4.98. The maximum Gasteiger partial charge on any atom is 0.235 e. The summed E-state index contributed by atoms with van der Waals surface area (Å²) in [6.07, 6.45) is 0. The molecule has 4 N–H and O–H groups in total. The molecule has 0 saturated carbocycles. The van der Waals surface area contributed by atoms with Crippen LogP contribution in [-0.2, 0) is 10.0 Å². The zero-order chi connectivity index (χ0) is 13.2. The van der Waals surface area contributed by atoms with Crippen molar-refractivity contribution in [2.45, 2.75) is 26.0 Å². The molecule has 1 rings (SSSR count). The van der Waals surface area contributed by atoms with Gasteiger partial charge in [0.05, 0.1) is 10.9 Å². The summed E-state index contributed by atoms with van der Waals surface area (Å²) >= 11 is 0. The maximum atomic E-state index is 11.7. The van der Waals surface area contributed by atoms with E-state index in [4.69, 9.17) is 11.1 Å².